The van der Waals surface area contributed by atoms with Gasteiger partial charge in [0.05, 0.1) is 11.9 Å². The summed E-state index contributed by atoms with van der Waals surface area (Å²) < 4.78 is 13.2. The van der Waals surface area contributed by atoms with E-state index in [4.69, 9.17) is 0 Å². The van der Waals surface area contributed by atoms with Crippen LogP contribution in [0.3, 0.4) is 0 Å². The highest BCUT2D eigenvalue weighted by molar-refractivity contribution is 5.94. The predicted octanol–water partition coefficient (Wildman–Crippen LogP) is 4.48. The average molecular weight is 322 g/mol. The van der Waals surface area contributed by atoms with Gasteiger partial charge in [-0.2, -0.15) is 0 Å². The Morgan fingerprint density at radius 3 is 2.62 bits per heavy atom. The molecule has 1 aromatic heterocycles. The minimum atomic E-state index is -0.309. The van der Waals surface area contributed by atoms with Crippen molar-refractivity contribution in [3.63, 3.8) is 0 Å². The maximum atomic E-state index is 13.2. The van der Waals surface area contributed by atoms with Gasteiger partial charge in [0.1, 0.15) is 5.82 Å². The molecule has 3 rings (SSSR count). The highest BCUT2D eigenvalue weighted by atomic mass is 19.1. The average Bonchev–Trinajstić information content (AvgIpc) is 2.54. The van der Waals surface area contributed by atoms with Crippen molar-refractivity contribution in [3.05, 3.63) is 70.7 Å². The molecule has 0 saturated heterocycles. The van der Waals surface area contributed by atoms with Crippen molar-refractivity contribution >= 4 is 22.5 Å². The number of halogens is 1. The first-order valence-corrected chi connectivity index (χ1v) is 7.86. The first kappa shape index (κ1) is 16.1. The zero-order valence-corrected chi connectivity index (χ0v) is 14.0. The van der Waals surface area contributed by atoms with Gasteiger partial charge >= 0.3 is 0 Å². The summed E-state index contributed by atoms with van der Waals surface area (Å²) in [5, 5.41) is 3.91. The minimum Gasteiger partial charge on any atom is -0.326 e. The highest BCUT2D eigenvalue weighted by Gasteiger charge is 2.13. The van der Waals surface area contributed by atoms with Crippen LogP contribution in [0.15, 0.2) is 42.5 Å². The molecule has 0 saturated carbocycles. The summed E-state index contributed by atoms with van der Waals surface area (Å²) in [5.74, 6) is -0.441. The summed E-state index contributed by atoms with van der Waals surface area (Å²) >= 11 is 0. The standard InChI is InChI=1S/C20H19FN2O/c1-12-10-15(21)8-9-18(12)23-20(24)11-17-13(2)16-6-4-5-7-19(16)22-14(17)3/h4-10H,11H2,1-3H3,(H,23,24). The molecule has 0 aliphatic heterocycles. The number of amides is 1. The maximum absolute atomic E-state index is 13.2. The summed E-state index contributed by atoms with van der Waals surface area (Å²) in [6, 6.07) is 12.3. The van der Waals surface area contributed by atoms with E-state index in [9.17, 15) is 9.18 Å². The molecule has 0 unspecified atom stereocenters. The second-order valence-electron chi connectivity index (χ2n) is 6.00. The van der Waals surface area contributed by atoms with E-state index >= 15 is 0 Å². The number of carbonyl (C=O) groups is 1. The number of carbonyl (C=O) groups excluding carboxylic acids is 1. The number of nitrogens with zero attached hydrogens (tertiary/aromatic N) is 1. The number of fused-ring (bicyclic) bond motifs is 1. The van der Waals surface area contributed by atoms with Crippen LogP contribution in [0.5, 0.6) is 0 Å². The molecule has 0 atom stereocenters. The number of pyridine rings is 1. The molecule has 1 heterocycles. The van der Waals surface area contributed by atoms with Gasteiger partial charge in [0.15, 0.2) is 0 Å². The van der Waals surface area contributed by atoms with E-state index in [1.54, 1.807) is 13.0 Å². The number of aryl methyl sites for hydroxylation is 3. The molecule has 0 spiro atoms. The lowest BCUT2D eigenvalue weighted by atomic mass is 9.99. The van der Waals surface area contributed by atoms with Gasteiger partial charge in [-0.15, -0.1) is 0 Å². The van der Waals surface area contributed by atoms with Gasteiger partial charge in [0, 0.05) is 16.8 Å². The van der Waals surface area contributed by atoms with Crippen LogP contribution in [-0.4, -0.2) is 10.9 Å². The van der Waals surface area contributed by atoms with E-state index < -0.39 is 0 Å². The third kappa shape index (κ3) is 3.13. The van der Waals surface area contributed by atoms with Crippen molar-refractivity contribution < 1.29 is 9.18 Å². The number of nitrogens with one attached hydrogen (secondary N) is 1. The Bertz CT molecular complexity index is 934. The summed E-state index contributed by atoms with van der Waals surface area (Å²) in [7, 11) is 0. The van der Waals surface area contributed by atoms with E-state index in [1.807, 2.05) is 38.1 Å². The number of benzene rings is 2. The van der Waals surface area contributed by atoms with E-state index in [2.05, 4.69) is 10.3 Å². The lowest BCUT2D eigenvalue weighted by Gasteiger charge is -2.13. The third-order valence-electron chi connectivity index (χ3n) is 4.29. The first-order valence-electron chi connectivity index (χ1n) is 7.86. The second-order valence-corrected chi connectivity index (χ2v) is 6.00. The minimum absolute atomic E-state index is 0.131. The van der Waals surface area contributed by atoms with Crippen LogP contribution in [0.4, 0.5) is 10.1 Å². The largest absolute Gasteiger partial charge is 0.326 e. The SMILES string of the molecule is Cc1cc(F)ccc1NC(=O)Cc1c(C)nc2ccccc2c1C. The molecule has 1 amide bonds. The summed E-state index contributed by atoms with van der Waals surface area (Å²) in [5.41, 5.74) is 5.14. The molecule has 0 bridgehead atoms. The van der Waals surface area contributed by atoms with E-state index in [-0.39, 0.29) is 18.1 Å². The molecule has 24 heavy (non-hydrogen) atoms. The molecule has 0 radical (unpaired) electrons. The van der Waals surface area contributed by atoms with Crippen molar-refractivity contribution in [2.45, 2.75) is 27.2 Å². The zero-order chi connectivity index (χ0) is 17.3. The van der Waals surface area contributed by atoms with Gasteiger partial charge in [-0.05, 0) is 61.7 Å². The third-order valence-corrected chi connectivity index (χ3v) is 4.29. The fourth-order valence-electron chi connectivity index (χ4n) is 2.95. The molecule has 4 heteroatoms. The van der Waals surface area contributed by atoms with Crippen LogP contribution in [0.1, 0.15) is 22.4 Å². The van der Waals surface area contributed by atoms with Gasteiger partial charge < -0.3 is 5.32 Å². The van der Waals surface area contributed by atoms with E-state index in [1.165, 1.54) is 12.1 Å². The number of aromatic nitrogens is 1. The van der Waals surface area contributed by atoms with Crippen molar-refractivity contribution in [2.75, 3.05) is 5.32 Å². The molecule has 3 nitrogen and oxygen atoms in total. The van der Waals surface area contributed by atoms with Crippen molar-refractivity contribution in [1.29, 1.82) is 0 Å². The molecule has 3 aromatic rings. The van der Waals surface area contributed by atoms with Crippen LogP contribution >= 0.6 is 0 Å². The van der Waals surface area contributed by atoms with Gasteiger partial charge in [-0.1, -0.05) is 18.2 Å². The fraction of sp³-hybridized carbons (Fsp3) is 0.200. The Labute approximate surface area is 140 Å². The summed E-state index contributed by atoms with van der Waals surface area (Å²) in [6.07, 6.45) is 0.242. The Morgan fingerprint density at radius 1 is 1.12 bits per heavy atom. The number of hydrogen-bond donors (Lipinski definition) is 1. The molecule has 0 aliphatic carbocycles. The Balaban J connectivity index is 1.88. The quantitative estimate of drug-likeness (QED) is 0.772. The first-order chi connectivity index (χ1) is 11.5. The molecular formula is C20H19FN2O. The van der Waals surface area contributed by atoms with Crippen molar-refractivity contribution in [2.24, 2.45) is 0 Å². The van der Waals surface area contributed by atoms with Crippen molar-refractivity contribution in [3.8, 4) is 0 Å². The number of anilines is 1. The number of para-hydroxylation sites is 1. The fourth-order valence-corrected chi connectivity index (χ4v) is 2.95. The van der Waals surface area contributed by atoms with Gasteiger partial charge in [-0.25, -0.2) is 4.39 Å². The van der Waals surface area contributed by atoms with Crippen LogP contribution in [0.25, 0.3) is 10.9 Å². The number of hydrogen-bond acceptors (Lipinski definition) is 2. The van der Waals surface area contributed by atoms with Crippen LogP contribution in [0, 0.1) is 26.6 Å². The van der Waals surface area contributed by atoms with Gasteiger partial charge in [-0.3, -0.25) is 9.78 Å². The highest BCUT2D eigenvalue weighted by Crippen LogP contribution is 2.23. The Morgan fingerprint density at radius 2 is 1.88 bits per heavy atom. The monoisotopic (exact) mass is 322 g/mol. The number of rotatable bonds is 3. The molecule has 2 aromatic carbocycles. The normalized spacial score (nSPS) is 10.8. The molecule has 0 fully saturated rings. The Kier molecular flexibility index (Phi) is 4.30. The van der Waals surface area contributed by atoms with Crippen LogP contribution in [0.2, 0.25) is 0 Å². The summed E-state index contributed by atoms with van der Waals surface area (Å²) in [6.45, 7) is 5.71. The van der Waals surface area contributed by atoms with E-state index in [0.29, 0.717) is 11.3 Å². The lowest BCUT2D eigenvalue weighted by Crippen LogP contribution is -2.17. The van der Waals surface area contributed by atoms with Gasteiger partial charge in [0.25, 0.3) is 0 Å². The smallest absolute Gasteiger partial charge is 0.228 e. The lowest BCUT2D eigenvalue weighted by molar-refractivity contribution is -0.115. The molecular weight excluding hydrogens is 303 g/mol. The van der Waals surface area contributed by atoms with E-state index in [0.717, 1.165) is 27.7 Å². The zero-order valence-electron chi connectivity index (χ0n) is 14.0. The summed E-state index contributed by atoms with van der Waals surface area (Å²) in [4.78, 5) is 17.0. The second kappa shape index (κ2) is 6.40. The van der Waals surface area contributed by atoms with Crippen LogP contribution < -0.4 is 5.32 Å². The Hall–Kier alpha value is -2.75. The van der Waals surface area contributed by atoms with Gasteiger partial charge in [0.2, 0.25) is 5.91 Å². The molecule has 0 aliphatic rings. The maximum Gasteiger partial charge on any atom is 0.228 e. The van der Waals surface area contributed by atoms with Crippen LogP contribution in [-0.2, 0) is 11.2 Å². The molecule has 1 N–H and O–H groups in total. The topological polar surface area (TPSA) is 42.0 Å². The molecule has 122 valence electrons. The van der Waals surface area contributed by atoms with Crippen molar-refractivity contribution in [1.82, 2.24) is 4.98 Å². The predicted molar refractivity (Wildman–Crippen MR) is 94.7 cm³/mol.